The molecule has 2 aromatic carbocycles. The van der Waals surface area contributed by atoms with Crippen molar-refractivity contribution in [1.29, 1.82) is 0 Å². The number of halogens is 4. The number of anilines is 2. The van der Waals surface area contributed by atoms with Crippen LogP contribution in [0.4, 0.5) is 29.3 Å². The highest BCUT2D eigenvalue weighted by Crippen LogP contribution is 2.49. The van der Waals surface area contributed by atoms with Gasteiger partial charge in [0.05, 0.1) is 42.0 Å². The Kier molecular flexibility index (Phi) is 14.5. The lowest BCUT2D eigenvalue weighted by Gasteiger charge is -2.42. The molecule has 0 bridgehead atoms. The second-order valence-electron chi connectivity index (χ2n) is 16.1. The first kappa shape index (κ1) is 48.6. The molecule has 3 heterocycles. The lowest BCUT2D eigenvalue weighted by Crippen LogP contribution is -2.63. The Morgan fingerprint density at radius 2 is 1.87 bits per heavy atom. The minimum absolute atomic E-state index is 0.0876. The van der Waals surface area contributed by atoms with E-state index >= 15 is 0 Å². The van der Waals surface area contributed by atoms with Gasteiger partial charge in [-0.05, 0) is 63.9 Å². The van der Waals surface area contributed by atoms with Crippen LogP contribution in [-0.2, 0) is 41.1 Å². The first-order valence-electron chi connectivity index (χ1n) is 20.0. The quantitative estimate of drug-likeness (QED) is 0.0603. The zero-order chi connectivity index (χ0) is 46.9. The number of allylic oxidation sites excluding steroid dienone is 2. The number of ether oxygens (including phenoxy) is 5. The summed E-state index contributed by atoms with van der Waals surface area (Å²) in [7, 11) is 5.38. The smallest absolute Gasteiger partial charge is 0.417 e. The molecule has 2 saturated heterocycles. The summed E-state index contributed by atoms with van der Waals surface area (Å²) in [6, 6.07) is 5.59. The number of amides is 3. The maximum absolute atomic E-state index is 14.6. The number of nitrogens with one attached hydrogen (secondary N) is 1. The number of alkyl halides is 3. The van der Waals surface area contributed by atoms with Crippen LogP contribution in [0.2, 0.25) is 5.02 Å². The fraction of sp³-hybridized carbons (Fsp3) is 0.477. The lowest BCUT2D eigenvalue weighted by molar-refractivity contribution is -0.158. The Bertz CT molecular complexity index is 2310. The van der Waals surface area contributed by atoms with E-state index in [9.17, 15) is 37.5 Å². The number of rotatable bonds is 16. The number of hydrogen-bond donors (Lipinski definition) is 3. The molecular weight excluding hydrogens is 851 g/mol. The number of aromatic nitrogens is 1. The number of fused-ring (bicyclic) bond motifs is 1. The number of epoxide rings is 1. The number of carbonyl (C=O) groups is 4. The number of esters is 1. The van der Waals surface area contributed by atoms with Gasteiger partial charge >= 0.3 is 18.2 Å². The third kappa shape index (κ3) is 10.0. The molecular formula is C44H53ClF3N5O10. The Balaban J connectivity index is 1.47. The Hall–Kier alpha value is -5.43. The monoisotopic (exact) mass is 903 g/mol. The molecule has 5 rings (SSSR count). The highest BCUT2D eigenvalue weighted by molar-refractivity contribution is 6.35. The summed E-state index contributed by atoms with van der Waals surface area (Å²) < 4.78 is 72.4. The van der Waals surface area contributed by atoms with Gasteiger partial charge in [0.1, 0.15) is 40.7 Å². The number of aliphatic hydroxyl groups is 1. The minimum Gasteiger partial charge on any atom is -0.495 e. The van der Waals surface area contributed by atoms with E-state index in [1.54, 1.807) is 26.0 Å². The van der Waals surface area contributed by atoms with Gasteiger partial charge in [0.2, 0.25) is 5.91 Å². The van der Waals surface area contributed by atoms with Crippen LogP contribution in [0, 0.1) is 5.92 Å². The van der Waals surface area contributed by atoms with Crippen molar-refractivity contribution in [2.45, 2.75) is 102 Å². The van der Waals surface area contributed by atoms with E-state index in [0.717, 1.165) is 35.3 Å². The largest absolute Gasteiger partial charge is 0.495 e. The van der Waals surface area contributed by atoms with E-state index in [-0.39, 0.29) is 28.0 Å². The molecule has 15 nitrogen and oxygen atoms in total. The number of pyridine rings is 1. The molecule has 0 radical (unpaired) electrons. The van der Waals surface area contributed by atoms with E-state index in [1.165, 1.54) is 51.3 Å². The molecule has 2 fully saturated rings. The van der Waals surface area contributed by atoms with Gasteiger partial charge in [-0.15, -0.1) is 6.58 Å². The molecule has 0 saturated carbocycles. The molecule has 0 spiro atoms. The number of methoxy groups -OCH3 is 2. The third-order valence-corrected chi connectivity index (χ3v) is 12.3. The SMILES string of the molecule is C=C[C@@H](OC)[C@@]1(O)C[C@@H]([C@@H](C)[C@@H]2O[C@@]2(C)[C@H](CC(=O)N(C)c2cc(C/C(C)=C/C)cc(OC)c2Cl)OC(=O)[C@H](C)N(C)C(=O)c2cnc3cc(N)ccc3c2C(F)(F)F)OC(=O)N1. The number of hydrogen-bond acceptors (Lipinski definition) is 12. The first-order chi connectivity index (χ1) is 29.4. The summed E-state index contributed by atoms with van der Waals surface area (Å²) in [6.45, 7) is 12.0. The van der Waals surface area contributed by atoms with E-state index in [2.05, 4.69) is 16.9 Å². The number of nitrogens with zero attached hydrogens (tertiary/aromatic N) is 3. The number of benzene rings is 2. The van der Waals surface area contributed by atoms with Crippen LogP contribution in [0.25, 0.3) is 10.9 Å². The van der Waals surface area contributed by atoms with Gasteiger partial charge in [0, 0.05) is 50.8 Å². The molecule has 3 amide bonds. The molecule has 63 heavy (non-hydrogen) atoms. The third-order valence-electron chi connectivity index (χ3n) is 11.9. The molecule has 1 aromatic heterocycles. The molecule has 3 aromatic rings. The van der Waals surface area contributed by atoms with Crippen molar-refractivity contribution < 1.29 is 61.1 Å². The Labute approximate surface area is 368 Å². The Morgan fingerprint density at radius 1 is 1.19 bits per heavy atom. The number of alkyl carbamates (subject to hydrolysis) is 1. The molecule has 8 atom stereocenters. The summed E-state index contributed by atoms with van der Waals surface area (Å²) >= 11 is 6.73. The van der Waals surface area contributed by atoms with Crippen molar-refractivity contribution in [3.8, 4) is 5.75 Å². The summed E-state index contributed by atoms with van der Waals surface area (Å²) in [6.07, 6.45) is -6.30. The van der Waals surface area contributed by atoms with Gasteiger partial charge in [-0.3, -0.25) is 19.9 Å². The number of nitrogens with two attached hydrogens (primary N) is 1. The number of carbonyl (C=O) groups excluding carboxylic acids is 4. The molecule has 342 valence electrons. The van der Waals surface area contributed by atoms with Crippen molar-refractivity contribution in [2.75, 3.05) is 38.9 Å². The lowest BCUT2D eigenvalue weighted by atomic mass is 9.83. The van der Waals surface area contributed by atoms with Crippen LogP contribution in [0.3, 0.4) is 0 Å². The predicted molar refractivity (Wildman–Crippen MR) is 228 cm³/mol. The average Bonchev–Trinajstić information content (AvgIpc) is 3.93. The van der Waals surface area contributed by atoms with Crippen LogP contribution in [0.15, 0.2) is 60.8 Å². The van der Waals surface area contributed by atoms with Gasteiger partial charge in [0.25, 0.3) is 5.91 Å². The molecule has 19 heteroatoms. The fourth-order valence-electron chi connectivity index (χ4n) is 7.82. The van der Waals surface area contributed by atoms with E-state index in [1.807, 2.05) is 19.9 Å². The van der Waals surface area contributed by atoms with Crippen LogP contribution in [0.5, 0.6) is 5.75 Å². The van der Waals surface area contributed by atoms with Crippen molar-refractivity contribution in [1.82, 2.24) is 15.2 Å². The maximum atomic E-state index is 14.6. The summed E-state index contributed by atoms with van der Waals surface area (Å²) in [5.41, 5.74) is 2.54. The van der Waals surface area contributed by atoms with Gasteiger partial charge in [-0.2, -0.15) is 13.2 Å². The topological polar surface area (TPSA) is 195 Å². The van der Waals surface area contributed by atoms with E-state index in [0.29, 0.717) is 17.9 Å². The van der Waals surface area contributed by atoms with Gasteiger partial charge in [-0.1, -0.05) is 42.3 Å². The second kappa shape index (κ2) is 18.7. The summed E-state index contributed by atoms with van der Waals surface area (Å²) in [5, 5.41) is 13.5. The van der Waals surface area contributed by atoms with Gasteiger partial charge < -0.3 is 44.3 Å². The number of nitrogen functional groups attached to an aromatic ring is 1. The summed E-state index contributed by atoms with van der Waals surface area (Å²) in [4.78, 5) is 61.0. The molecule has 2 aliphatic heterocycles. The van der Waals surface area contributed by atoms with E-state index < -0.39 is 95.3 Å². The molecule has 0 unspecified atom stereocenters. The average molecular weight is 904 g/mol. The van der Waals surface area contributed by atoms with E-state index in [4.69, 9.17) is 41.0 Å². The van der Waals surface area contributed by atoms with Crippen LogP contribution < -0.4 is 20.7 Å². The van der Waals surface area contributed by atoms with Crippen LogP contribution in [0.1, 0.15) is 68.9 Å². The Morgan fingerprint density at radius 3 is 2.48 bits per heavy atom. The zero-order valence-corrected chi connectivity index (χ0v) is 37.2. The van der Waals surface area contributed by atoms with Gasteiger partial charge in [-0.25, -0.2) is 9.59 Å². The number of cyclic esters (lactones) is 1. The van der Waals surface area contributed by atoms with Crippen LogP contribution >= 0.6 is 11.6 Å². The number of likely N-dealkylation sites (N-methyl/N-ethyl adjacent to an activating group) is 1. The van der Waals surface area contributed by atoms with Gasteiger partial charge in [0.15, 0.2) is 5.72 Å². The highest BCUT2D eigenvalue weighted by Gasteiger charge is 2.64. The second-order valence-corrected chi connectivity index (χ2v) is 16.5. The predicted octanol–water partition coefficient (Wildman–Crippen LogP) is 6.61. The molecule has 4 N–H and O–H groups in total. The van der Waals surface area contributed by atoms with Crippen molar-refractivity contribution in [2.24, 2.45) is 5.92 Å². The van der Waals surface area contributed by atoms with Crippen molar-refractivity contribution in [3.05, 3.63) is 82.5 Å². The highest BCUT2D eigenvalue weighted by atomic mass is 35.5. The molecule has 0 aliphatic carbocycles. The van der Waals surface area contributed by atoms with Crippen molar-refractivity contribution >= 4 is 57.8 Å². The van der Waals surface area contributed by atoms with Crippen molar-refractivity contribution in [3.63, 3.8) is 0 Å². The standard InChI is InChI=1S/C44H53ClF3N5O10/c1-11-22(3)15-25-16-30(37(45)31(17-25)59-9)53(8)35(54)19-34(42(6)38(63-42)23(4)32-20-43(58,33(12-2)60-10)51-41(57)61-32)62-40(56)24(5)52(7)39(55)28-21-50-29-18-26(49)13-14-27(29)36(28)44(46,47)48/h11-14,16-18,21,23-24,32-34,38,58H,2,15,19-20,49H2,1,3-10H3,(H,51,57)/b22-11+/t23-,24+,32+,33-,34+,38+,42+,43+/m1/s1. The first-order valence-corrected chi connectivity index (χ1v) is 20.3. The summed E-state index contributed by atoms with van der Waals surface area (Å²) in [5.74, 6) is -3.23. The zero-order valence-electron chi connectivity index (χ0n) is 36.5. The maximum Gasteiger partial charge on any atom is 0.417 e. The normalized spacial score (nSPS) is 23.1. The van der Waals surface area contributed by atoms with Crippen LogP contribution in [-0.4, -0.2) is 109 Å². The fourth-order valence-corrected chi connectivity index (χ4v) is 8.14. The minimum atomic E-state index is -5.00. The molecule has 2 aliphatic rings.